The molecule has 1 aliphatic heterocycles. The number of halogens is 2. The van der Waals surface area contributed by atoms with Crippen molar-refractivity contribution in [2.45, 2.75) is 6.04 Å². The van der Waals surface area contributed by atoms with E-state index in [0.29, 0.717) is 6.61 Å². The van der Waals surface area contributed by atoms with Gasteiger partial charge in [-0.15, -0.1) is 0 Å². The van der Waals surface area contributed by atoms with Gasteiger partial charge in [-0.1, -0.05) is 11.6 Å². The van der Waals surface area contributed by atoms with Gasteiger partial charge in [-0.25, -0.2) is 4.39 Å². The zero-order valence-electron chi connectivity index (χ0n) is 10.9. The normalized spacial score (nSPS) is 18.8. The topological polar surface area (TPSA) is 58.6 Å². The van der Waals surface area contributed by atoms with Gasteiger partial charge in [-0.2, -0.15) is 0 Å². The smallest absolute Gasteiger partial charge is 0.257 e. The van der Waals surface area contributed by atoms with Crippen LogP contribution in [0.2, 0.25) is 5.02 Å². The largest absolute Gasteiger partial charge is 0.377 e. The minimum atomic E-state index is -0.764. The van der Waals surface area contributed by atoms with Crippen molar-refractivity contribution in [3.8, 4) is 0 Å². The highest BCUT2D eigenvalue weighted by atomic mass is 35.5. The van der Waals surface area contributed by atoms with Crippen molar-refractivity contribution >= 4 is 23.4 Å². The van der Waals surface area contributed by atoms with E-state index in [1.807, 2.05) is 0 Å². The lowest BCUT2D eigenvalue weighted by Crippen LogP contribution is -2.55. The highest BCUT2D eigenvalue weighted by Crippen LogP contribution is 2.19. The molecule has 0 saturated carbocycles. The van der Waals surface area contributed by atoms with E-state index in [0.717, 1.165) is 6.07 Å². The second-order valence-corrected chi connectivity index (χ2v) is 4.76. The summed E-state index contributed by atoms with van der Waals surface area (Å²) in [5.41, 5.74) is -0.145. The second-order valence-electron chi connectivity index (χ2n) is 4.33. The molecule has 0 aliphatic carbocycles. The Bertz CT molecular complexity index is 538. The number of nitrogens with one attached hydrogen (secondary N) is 1. The lowest BCUT2D eigenvalue weighted by Gasteiger charge is -2.34. The summed E-state index contributed by atoms with van der Waals surface area (Å²) in [4.78, 5) is 25.5. The van der Waals surface area contributed by atoms with Gasteiger partial charge in [0.05, 0.1) is 18.8 Å². The van der Waals surface area contributed by atoms with Crippen LogP contribution < -0.4 is 5.32 Å². The van der Waals surface area contributed by atoms with E-state index in [2.05, 4.69) is 5.32 Å². The molecule has 1 unspecified atom stereocenters. The molecule has 1 N–H and O–H groups in total. The maximum Gasteiger partial charge on any atom is 0.257 e. The van der Waals surface area contributed by atoms with Crippen molar-refractivity contribution in [3.05, 3.63) is 34.6 Å². The van der Waals surface area contributed by atoms with E-state index < -0.39 is 17.8 Å². The molecule has 0 radical (unpaired) electrons. The molecule has 0 spiro atoms. The average Bonchev–Trinajstić information content (AvgIpc) is 2.48. The first-order chi connectivity index (χ1) is 9.54. The van der Waals surface area contributed by atoms with Crippen LogP contribution in [0.4, 0.5) is 4.39 Å². The van der Waals surface area contributed by atoms with Crippen molar-refractivity contribution in [3.63, 3.8) is 0 Å². The number of rotatable bonds is 2. The molecular weight excluding hydrogens is 287 g/mol. The first kappa shape index (κ1) is 14.7. The van der Waals surface area contributed by atoms with Gasteiger partial charge in [0.2, 0.25) is 5.91 Å². The van der Waals surface area contributed by atoms with Gasteiger partial charge in [0.25, 0.3) is 5.91 Å². The second kappa shape index (κ2) is 6.19. The molecule has 1 atom stereocenters. The van der Waals surface area contributed by atoms with Crippen LogP contribution in [-0.4, -0.2) is 49.6 Å². The molecule has 1 aromatic rings. The molecule has 2 rings (SSSR count). The maximum atomic E-state index is 13.7. The molecule has 0 bridgehead atoms. The Labute approximate surface area is 120 Å². The van der Waals surface area contributed by atoms with Crippen LogP contribution >= 0.6 is 11.6 Å². The number of hydrogen-bond acceptors (Lipinski definition) is 3. The minimum Gasteiger partial charge on any atom is -0.377 e. The van der Waals surface area contributed by atoms with Crippen molar-refractivity contribution in [2.24, 2.45) is 0 Å². The van der Waals surface area contributed by atoms with Crippen LogP contribution in [0.25, 0.3) is 0 Å². The highest BCUT2D eigenvalue weighted by molar-refractivity contribution is 6.31. The van der Waals surface area contributed by atoms with Gasteiger partial charge in [0, 0.05) is 18.6 Å². The summed E-state index contributed by atoms with van der Waals surface area (Å²) in [7, 11) is 1.47. The maximum absolute atomic E-state index is 13.7. The summed E-state index contributed by atoms with van der Waals surface area (Å²) < 4.78 is 18.9. The van der Waals surface area contributed by atoms with Crippen molar-refractivity contribution in [1.29, 1.82) is 0 Å². The number of likely N-dealkylation sites (N-methyl/N-ethyl adjacent to an activating group) is 1. The zero-order valence-corrected chi connectivity index (χ0v) is 11.6. The number of morpholine rings is 1. The first-order valence-corrected chi connectivity index (χ1v) is 6.47. The van der Waals surface area contributed by atoms with Gasteiger partial charge >= 0.3 is 0 Å². The molecule has 2 amide bonds. The van der Waals surface area contributed by atoms with Crippen LogP contribution in [-0.2, 0) is 9.53 Å². The average molecular weight is 301 g/mol. The predicted octanol–water partition coefficient (Wildman–Crippen LogP) is 1.07. The van der Waals surface area contributed by atoms with Crippen molar-refractivity contribution in [1.82, 2.24) is 10.2 Å². The third kappa shape index (κ3) is 2.91. The molecule has 7 heteroatoms. The van der Waals surface area contributed by atoms with Crippen molar-refractivity contribution < 1.29 is 18.7 Å². The number of hydrogen-bond donors (Lipinski definition) is 1. The van der Waals surface area contributed by atoms with Crippen molar-refractivity contribution in [2.75, 3.05) is 26.8 Å². The van der Waals surface area contributed by atoms with Gasteiger partial charge in [0.1, 0.15) is 11.9 Å². The van der Waals surface area contributed by atoms with Gasteiger partial charge in [-0.3, -0.25) is 9.59 Å². The van der Waals surface area contributed by atoms with Crippen LogP contribution in [0.1, 0.15) is 10.4 Å². The van der Waals surface area contributed by atoms with Gasteiger partial charge in [-0.05, 0) is 18.2 Å². The Hall–Kier alpha value is -1.66. The molecular formula is C13H14ClFN2O3. The fourth-order valence-electron chi connectivity index (χ4n) is 2.05. The zero-order chi connectivity index (χ0) is 14.7. The minimum absolute atomic E-state index is 0.0909. The highest BCUT2D eigenvalue weighted by Gasteiger charge is 2.33. The molecule has 1 saturated heterocycles. The fourth-order valence-corrected chi connectivity index (χ4v) is 2.22. The number of nitrogens with zero attached hydrogens (tertiary/aromatic N) is 1. The summed E-state index contributed by atoms with van der Waals surface area (Å²) in [6, 6.07) is 2.99. The molecule has 1 aromatic carbocycles. The monoisotopic (exact) mass is 300 g/mol. The third-order valence-electron chi connectivity index (χ3n) is 3.10. The summed E-state index contributed by atoms with van der Waals surface area (Å²) in [6.07, 6.45) is 0. The van der Waals surface area contributed by atoms with Gasteiger partial charge < -0.3 is 15.0 Å². The molecule has 108 valence electrons. The number of ether oxygens (including phenoxy) is 1. The lowest BCUT2D eigenvalue weighted by molar-refractivity contribution is -0.130. The molecule has 20 heavy (non-hydrogen) atoms. The Kier molecular flexibility index (Phi) is 4.57. The van der Waals surface area contributed by atoms with E-state index >= 15 is 0 Å². The van der Waals surface area contributed by atoms with Crippen LogP contribution in [0.5, 0.6) is 0 Å². The number of carbonyl (C=O) groups is 2. The number of amides is 2. The molecule has 1 aliphatic rings. The standard InChI is InChI=1S/C13H14ClFN2O3/c1-16-12(18)11-7-20-5-4-17(11)13(19)9-6-8(14)2-3-10(9)15/h2-3,6,11H,4-5,7H2,1H3,(H,16,18). The summed E-state index contributed by atoms with van der Waals surface area (Å²) in [5, 5.41) is 2.73. The third-order valence-corrected chi connectivity index (χ3v) is 3.33. The molecule has 1 heterocycles. The molecule has 0 aromatic heterocycles. The Balaban J connectivity index is 2.30. The summed E-state index contributed by atoms with van der Waals surface area (Å²) in [6.45, 7) is 0.623. The van der Waals surface area contributed by atoms with Crippen LogP contribution in [0.3, 0.4) is 0 Å². The Morgan fingerprint density at radius 3 is 2.95 bits per heavy atom. The van der Waals surface area contributed by atoms with Crippen LogP contribution in [0.15, 0.2) is 18.2 Å². The number of benzene rings is 1. The first-order valence-electron chi connectivity index (χ1n) is 6.10. The lowest BCUT2D eigenvalue weighted by atomic mass is 10.1. The Morgan fingerprint density at radius 1 is 1.50 bits per heavy atom. The van der Waals surface area contributed by atoms with E-state index in [1.54, 1.807) is 0 Å². The van der Waals surface area contributed by atoms with Crippen LogP contribution in [0, 0.1) is 5.82 Å². The quantitative estimate of drug-likeness (QED) is 0.889. The summed E-state index contributed by atoms with van der Waals surface area (Å²) in [5.74, 6) is -1.58. The molecule has 5 nitrogen and oxygen atoms in total. The van der Waals surface area contributed by atoms with E-state index in [1.165, 1.54) is 24.1 Å². The number of carbonyl (C=O) groups excluding carboxylic acids is 2. The molecule has 1 fully saturated rings. The summed E-state index contributed by atoms with van der Waals surface area (Å²) >= 11 is 5.78. The van der Waals surface area contributed by atoms with E-state index in [4.69, 9.17) is 16.3 Å². The fraction of sp³-hybridized carbons (Fsp3) is 0.385. The van der Waals surface area contributed by atoms with E-state index in [-0.39, 0.29) is 29.6 Å². The van der Waals surface area contributed by atoms with E-state index in [9.17, 15) is 14.0 Å². The SMILES string of the molecule is CNC(=O)C1COCCN1C(=O)c1cc(Cl)ccc1F. The van der Waals surface area contributed by atoms with Gasteiger partial charge in [0.15, 0.2) is 0 Å². The predicted molar refractivity (Wildman–Crippen MR) is 71.1 cm³/mol. The Morgan fingerprint density at radius 2 is 2.25 bits per heavy atom.